The van der Waals surface area contributed by atoms with Gasteiger partial charge in [0.2, 0.25) is 0 Å². The maximum absolute atomic E-state index is 13.2. The molecule has 0 aliphatic carbocycles. The van der Waals surface area contributed by atoms with Crippen molar-refractivity contribution >= 4 is 16.9 Å². The largest absolute Gasteiger partial charge is 0.465 e. The van der Waals surface area contributed by atoms with Crippen molar-refractivity contribution in [2.24, 2.45) is 0 Å². The molecule has 0 saturated heterocycles. The van der Waals surface area contributed by atoms with Crippen molar-refractivity contribution in [2.75, 3.05) is 6.61 Å². The van der Waals surface area contributed by atoms with E-state index < -0.39 is 0 Å². The Morgan fingerprint density at radius 2 is 2.29 bits per heavy atom. The van der Waals surface area contributed by atoms with Gasteiger partial charge in [-0.1, -0.05) is 6.92 Å². The van der Waals surface area contributed by atoms with E-state index >= 15 is 0 Å². The Hall–Kier alpha value is -1.84. The summed E-state index contributed by atoms with van der Waals surface area (Å²) >= 11 is 0. The van der Waals surface area contributed by atoms with E-state index in [9.17, 15) is 9.18 Å². The number of hydrogen-bond acceptors (Lipinski definition) is 2. The zero-order valence-corrected chi connectivity index (χ0v) is 9.79. The van der Waals surface area contributed by atoms with Gasteiger partial charge in [-0.25, -0.2) is 4.39 Å². The summed E-state index contributed by atoms with van der Waals surface area (Å²) < 4.78 is 18.1. The number of rotatable bonds is 3. The van der Waals surface area contributed by atoms with E-state index in [2.05, 4.69) is 4.98 Å². The minimum absolute atomic E-state index is 0.0365. The fourth-order valence-corrected chi connectivity index (χ4v) is 1.85. The number of aromatic amines is 1. The van der Waals surface area contributed by atoms with Crippen LogP contribution in [0.15, 0.2) is 24.4 Å². The molecule has 1 aromatic carbocycles. The summed E-state index contributed by atoms with van der Waals surface area (Å²) in [6.45, 7) is 3.62. The van der Waals surface area contributed by atoms with Crippen LogP contribution in [0.3, 0.4) is 0 Å². The van der Waals surface area contributed by atoms with Gasteiger partial charge in [0.05, 0.1) is 6.61 Å². The summed E-state index contributed by atoms with van der Waals surface area (Å²) in [4.78, 5) is 13.8. The van der Waals surface area contributed by atoms with E-state index in [4.69, 9.17) is 4.74 Å². The smallest absolute Gasteiger partial charge is 0.302 e. The van der Waals surface area contributed by atoms with Crippen LogP contribution >= 0.6 is 0 Å². The van der Waals surface area contributed by atoms with E-state index in [1.807, 2.05) is 13.1 Å². The number of halogens is 1. The molecule has 0 saturated carbocycles. The standard InChI is InChI=1S/C13H14FNO2/c1-8(7-17-9(2)16)12-6-15-13-4-3-10(14)5-11(12)13/h3-6,8,15H,7H2,1-2H3. The lowest BCUT2D eigenvalue weighted by Crippen LogP contribution is -2.07. The number of esters is 1. The van der Waals surface area contributed by atoms with Crippen LogP contribution in [0, 0.1) is 5.82 Å². The third kappa shape index (κ3) is 2.46. The van der Waals surface area contributed by atoms with Gasteiger partial charge < -0.3 is 9.72 Å². The minimum Gasteiger partial charge on any atom is -0.465 e. The van der Waals surface area contributed by atoms with Crippen molar-refractivity contribution in [1.29, 1.82) is 0 Å². The average molecular weight is 235 g/mol. The van der Waals surface area contributed by atoms with Gasteiger partial charge in [0, 0.05) is 29.9 Å². The van der Waals surface area contributed by atoms with E-state index in [-0.39, 0.29) is 17.7 Å². The summed E-state index contributed by atoms with van der Waals surface area (Å²) in [5.41, 5.74) is 1.84. The lowest BCUT2D eigenvalue weighted by molar-refractivity contribution is -0.141. The molecule has 4 heteroatoms. The lowest BCUT2D eigenvalue weighted by atomic mass is 10.0. The van der Waals surface area contributed by atoms with Crippen molar-refractivity contribution < 1.29 is 13.9 Å². The van der Waals surface area contributed by atoms with Gasteiger partial charge >= 0.3 is 5.97 Å². The van der Waals surface area contributed by atoms with E-state index in [0.717, 1.165) is 16.5 Å². The Balaban J connectivity index is 2.28. The number of benzene rings is 1. The molecule has 1 unspecified atom stereocenters. The van der Waals surface area contributed by atoms with Crippen molar-refractivity contribution in [2.45, 2.75) is 19.8 Å². The van der Waals surface area contributed by atoms with Crippen LogP contribution < -0.4 is 0 Å². The van der Waals surface area contributed by atoms with Gasteiger partial charge in [-0.05, 0) is 23.8 Å². The molecular weight excluding hydrogens is 221 g/mol. The second-order valence-corrected chi connectivity index (χ2v) is 4.14. The summed E-state index contributed by atoms with van der Waals surface area (Å²) in [5, 5.41) is 0.838. The molecule has 0 amide bonds. The molecule has 1 aromatic heterocycles. The van der Waals surface area contributed by atoms with Crippen molar-refractivity contribution in [1.82, 2.24) is 4.98 Å². The van der Waals surface area contributed by atoms with Crippen molar-refractivity contribution in [3.05, 3.63) is 35.8 Å². The summed E-state index contributed by atoms with van der Waals surface area (Å²) in [5.74, 6) is -0.532. The SMILES string of the molecule is CC(=O)OCC(C)c1c[nH]c2ccc(F)cc12. The third-order valence-electron chi connectivity index (χ3n) is 2.74. The van der Waals surface area contributed by atoms with E-state index in [0.29, 0.717) is 6.61 Å². The molecule has 0 aliphatic heterocycles. The number of ether oxygens (including phenoxy) is 1. The molecule has 1 N–H and O–H groups in total. The van der Waals surface area contributed by atoms with Crippen LogP contribution in [-0.4, -0.2) is 17.6 Å². The Labute approximate surface area is 98.6 Å². The molecule has 0 spiro atoms. The Bertz CT molecular complexity index is 547. The number of fused-ring (bicyclic) bond motifs is 1. The number of carbonyl (C=O) groups excluding carboxylic acids is 1. The number of nitrogens with one attached hydrogen (secondary N) is 1. The molecule has 90 valence electrons. The highest BCUT2D eigenvalue weighted by Crippen LogP contribution is 2.26. The maximum atomic E-state index is 13.2. The number of hydrogen-bond donors (Lipinski definition) is 1. The molecule has 0 radical (unpaired) electrons. The number of H-pyrrole nitrogens is 1. The van der Waals surface area contributed by atoms with Crippen LogP contribution in [-0.2, 0) is 9.53 Å². The van der Waals surface area contributed by atoms with Crippen LogP contribution in [0.5, 0.6) is 0 Å². The predicted molar refractivity (Wildman–Crippen MR) is 63.3 cm³/mol. The van der Waals surface area contributed by atoms with Crippen molar-refractivity contribution in [3.8, 4) is 0 Å². The Kier molecular flexibility index (Phi) is 3.13. The lowest BCUT2D eigenvalue weighted by Gasteiger charge is -2.10. The van der Waals surface area contributed by atoms with Gasteiger partial charge in [0.1, 0.15) is 5.82 Å². The highest BCUT2D eigenvalue weighted by Gasteiger charge is 2.13. The van der Waals surface area contributed by atoms with Gasteiger partial charge in [-0.3, -0.25) is 4.79 Å². The first-order chi connectivity index (χ1) is 8.08. The van der Waals surface area contributed by atoms with Crippen molar-refractivity contribution in [3.63, 3.8) is 0 Å². The topological polar surface area (TPSA) is 42.1 Å². The molecule has 0 fully saturated rings. The molecule has 1 heterocycles. The monoisotopic (exact) mass is 235 g/mol. The summed E-state index contributed by atoms with van der Waals surface area (Å²) in [6.07, 6.45) is 1.83. The zero-order valence-electron chi connectivity index (χ0n) is 9.79. The first-order valence-electron chi connectivity index (χ1n) is 5.48. The molecule has 0 bridgehead atoms. The van der Waals surface area contributed by atoms with Gasteiger partial charge in [-0.15, -0.1) is 0 Å². The predicted octanol–water partition coefficient (Wildman–Crippen LogP) is 2.97. The maximum Gasteiger partial charge on any atom is 0.302 e. The molecule has 0 aliphatic rings. The van der Waals surface area contributed by atoms with E-state index in [1.165, 1.54) is 19.1 Å². The number of carbonyl (C=O) groups is 1. The van der Waals surface area contributed by atoms with Gasteiger partial charge in [0.25, 0.3) is 0 Å². The number of aromatic nitrogens is 1. The summed E-state index contributed by atoms with van der Waals surface area (Å²) in [7, 11) is 0. The highest BCUT2D eigenvalue weighted by atomic mass is 19.1. The van der Waals surface area contributed by atoms with Crippen LogP contribution in [0.1, 0.15) is 25.3 Å². The molecule has 3 nitrogen and oxygen atoms in total. The molecule has 17 heavy (non-hydrogen) atoms. The minimum atomic E-state index is -0.303. The fraction of sp³-hybridized carbons (Fsp3) is 0.308. The van der Waals surface area contributed by atoms with Crippen LogP contribution in [0.25, 0.3) is 10.9 Å². The quantitative estimate of drug-likeness (QED) is 0.831. The average Bonchev–Trinajstić information content (AvgIpc) is 2.68. The fourth-order valence-electron chi connectivity index (χ4n) is 1.85. The first-order valence-corrected chi connectivity index (χ1v) is 5.48. The molecule has 2 rings (SSSR count). The molecule has 2 aromatic rings. The Morgan fingerprint density at radius 1 is 1.53 bits per heavy atom. The van der Waals surface area contributed by atoms with Gasteiger partial charge in [0.15, 0.2) is 0 Å². The highest BCUT2D eigenvalue weighted by molar-refractivity contribution is 5.83. The second kappa shape index (κ2) is 4.57. The molecule has 1 atom stereocenters. The molecular formula is C13H14FNO2. The summed E-state index contributed by atoms with van der Waals surface area (Å²) in [6, 6.07) is 4.61. The normalized spacial score (nSPS) is 12.6. The first kappa shape index (κ1) is 11.6. The zero-order chi connectivity index (χ0) is 12.4. The second-order valence-electron chi connectivity index (χ2n) is 4.14. The Morgan fingerprint density at radius 3 is 3.00 bits per heavy atom. The third-order valence-corrected chi connectivity index (χ3v) is 2.74. The van der Waals surface area contributed by atoms with E-state index in [1.54, 1.807) is 6.07 Å². The van der Waals surface area contributed by atoms with Crippen LogP contribution in [0.2, 0.25) is 0 Å². The van der Waals surface area contributed by atoms with Crippen LogP contribution in [0.4, 0.5) is 4.39 Å². The van der Waals surface area contributed by atoms with Gasteiger partial charge in [-0.2, -0.15) is 0 Å².